The quantitative estimate of drug-likeness (QED) is 0.175. The average Bonchev–Trinajstić information content (AvgIpc) is 3.65. The summed E-state index contributed by atoms with van der Waals surface area (Å²) in [5.74, 6) is -0.446. The second-order valence-corrected chi connectivity index (χ2v) is 53.4. The van der Waals surface area contributed by atoms with Crippen molar-refractivity contribution in [2.45, 2.75) is 12.8 Å². The van der Waals surface area contributed by atoms with Crippen LogP contribution < -0.4 is 6.64 Å². The van der Waals surface area contributed by atoms with E-state index in [4.69, 9.17) is 0 Å². The standard InChI is InChI=1S/2C11H8F.2C6H5.2ClH.GeH2.Hf/c2*12-11-7-3-6-10(8-11)9-4-1-2-5-9;2*1-2-4-6-5-3-1;;;;/h2*1,3-4,6-8H,2H2;2*1-5H;2*1H;1H2;. The molecule has 2 aliphatic carbocycles. The average molecular weight is 799 g/mol. The molecule has 0 fully saturated rings. The van der Waals surface area contributed by atoms with Gasteiger partial charge in [0, 0.05) is 0 Å². The van der Waals surface area contributed by atoms with E-state index in [0.29, 0.717) is 0 Å². The fourth-order valence-corrected chi connectivity index (χ4v) is 50.3. The molecule has 6 heteroatoms. The van der Waals surface area contributed by atoms with Crippen LogP contribution in [0.25, 0.3) is 11.1 Å². The van der Waals surface area contributed by atoms with E-state index in [9.17, 15) is 8.78 Å². The Morgan fingerprint density at radius 3 is 1.30 bits per heavy atom. The molecule has 2 aliphatic rings. The van der Waals surface area contributed by atoms with Gasteiger partial charge in [-0.3, -0.25) is 0 Å². The fourth-order valence-electron chi connectivity index (χ4n) is 6.57. The Labute approximate surface area is 252 Å². The Kier molecular flexibility index (Phi) is 9.41. The third-order valence-electron chi connectivity index (χ3n) is 8.29. The summed E-state index contributed by atoms with van der Waals surface area (Å²) in [6.07, 6.45) is 10.6. The Morgan fingerprint density at radius 2 is 0.925 bits per heavy atom. The van der Waals surface area contributed by atoms with Gasteiger partial charge in [-0.1, -0.05) is 0 Å². The molecule has 0 saturated heterocycles. The second kappa shape index (κ2) is 12.3. The molecule has 40 heavy (non-hydrogen) atoms. The molecule has 0 nitrogen and oxygen atoms in total. The first kappa shape index (κ1) is 30.6. The summed E-state index contributed by atoms with van der Waals surface area (Å²) in [6, 6.07) is 36.0. The van der Waals surface area contributed by atoms with Gasteiger partial charge in [-0.25, -0.2) is 0 Å². The van der Waals surface area contributed by atoms with Gasteiger partial charge in [0.2, 0.25) is 0 Å². The van der Waals surface area contributed by atoms with Crippen LogP contribution in [-0.2, 0) is 15.4 Å². The summed E-state index contributed by atoms with van der Waals surface area (Å²) in [4.78, 5) is 0. The molecule has 0 atom stereocenters. The number of allylic oxidation sites excluding steroid dienone is 8. The minimum atomic E-state index is -4.72. The number of hydrogen-bond donors (Lipinski definition) is 0. The minimum absolute atomic E-state index is 0. The van der Waals surface area contributed by atoms with Crippen LogP contribution in [0.3, 0.4) is 0 Å². The van der Waals surface area contributed by atoms with Crippen molar-refractivity contribution in [1.29, 1.82) is 0 Å². The van der Waals surface area contributed by atoms with Crippen LogP contribution in [-0.4, -0.2) is 12.2 Å². The maximum absolute atomic E-state index is 14.5. The van der Waals surface area contributed by atoms with E-state index in [2.05, 4.69) is 85.0 Å². The number of benzene rings is 4. The first-order valence-corrected chi connectivity index (χ1v) is 34.8. The van der Waals surface area contributed by atoms with Crippen molar-refractivity contribution >= 4 is 54.8 Å². The SMILES string of the molecule is Cl.Cl.Fc1cccc(C2=[C]([Hf](=[GeH2])([C]3=C(c4cccc(F)c4)C=CC3)([c]3ccccc3)[c]3ccccc3)CC=C2)c1. The van der Waals surface area contributed by atoms with Crippen molar-refractivity contribution in [2.75, 3.05) is 0 Å². The number of rotatable bonds is 6. The van der Waals surface area contributed by atoms with E-state index < -0.39 is 15.4 Å². The first-order valence-electron chi connectivity index (χ1n) is 13.0. The van der Waals surface area contributed by atoms with Crippen molar-refractivity contribution in [3.8, 4) is 0 Å². The predicted octanol–water partition coefficient (Wildman–Crippen LogP) is 7.74. The van der Waals surface area contributed by atoms with Crippen molar-refractivity contribution in [3.05, 3.63) is 163 Å². The summed E-state index contributed by atoms with van der Waals surface area (Å²) in [7, 11) is 0. The third kappa shape index (κ3) is 4.89. The molecule has 0 bridgehead atoms. The van der Waals surface area contributed by atoms with E-state index in [0.717, 1.165) is 47.3 Å². The molecule has 0 saturated carbocycles. The third-order valence-corrected chi connectivity index (χ3v) is 61.5. The Hall–Kier alpha value is -2.31. The van der Waals surface area contributed by atoms with Gasteiger partial charge in [-0.05, 0) is 0 Å². The summed E-state index contributed by atoms with van der Waals surface area (Å²) in [5.41, 5.74) is 4.15. The predicted molar refractivity (Wildman–Crippen MR) is 169 cm³/mol. The molecule has 0 aliphatic heterocycles. The van der Waals surface area contributed by atoms with Gasteiger partial charge in [0.25, 0.3) is 0 Å². The molecular weight excluding hydrogens is 768 g/mol. The summed E-state index contributed by atoms with van der Waals surface area (Å²) >= 11 is -3.64. The first-order chi connectivity index (χ1) is 18.5. The van der Waals surface area contributed by atoms with Crippen LogP contribution in [0.15, 0.2) is 140 Å². The van der Waals surface area contributed by atoms with Gasteiger partial charge in [0.05, 0.1) is 0 Å². The Morgan fingerprint density at radius 1 is 0.525 bits per heavy atom. The molecule has 4 aromatic rings. The number of halogens is 4. The Bertz CT molecular complexity index is 1610. The van der Waals surface area contributed by atoms with E-state index in [1.807, 2.05) is 12.1 Å². The zero-order valence-electron chi connectivity index (χ0n) is 21.9. The van der Waals surface area contributed by atoms with E-state index >= 15 is 0 Å². The molecule has 202 valence electrons. The van der Waals surface area contributed by atoms with Crippen LogP contribution in [0.2, 0.25) is 0 Å². The topological polar surface area (TPSA) is 0 Å². The number of hydrogen-bond acceptors (Lipinski definition) is 0. The summed E-state index contributed by atoms with van der Waals surface area (Å²) in [6.45, 7) is 0. The fraction of sp³-hybridized carbons (Fsp3) is 0.0588. The van der Waals surface area contributed by atoms with Gasteiger partial charge < -0.3 is 0 Å². The molecule has 0 N–H and O–H groups in total. The van der Waals surface area contributed by atoms with Crippen LogP contribution >= 0.6 is 24.8 Å². The van der Waals surface area contributed by atoms with Crippen LogP contribution in [0.1, 0.15) is 24.0 Å². The van der Waals surface area contributed by atoms with Crippen LogP contribution in [0.5, 0.6) is 0 Å². The molecule has 0 unspecified atom stereocenters. The van der Waals surface area contributed by atoms with Gasteiger partial charge in [0.15, 0.2) is 0 Å². The van der Waals surface area contributed by atoms with Crippen molar-refractivity contribution in [2.24, 2.45) is 0 Å². The van der Waals surface area contributed by atoms with Crippen molar-refractivity contribution in [3.63, 3.8) is 0 Å². The monoisotopic (exact) mass is 800 g/mol. The van der Waals surface area contributed by atoms with Crippen LogP contribution in [0, 0.1) is 11.6 Å². The zero-order chi connectivity index (χ0) is 26.2. The molecule has 0 spiro atoms. The van der Waals surface area contributed by atoms with Crippen LogP contribution in [0.4, 0.5) is 8.78 Å². The van der Waals surface area contributed by atoms with Crippen molar-refractivity contribution in [1.82, 2.24) is 0 Å². The van der Waals surface area contributed by atoms with E-state index in [1.165, 1.54) is 25.4 Å². The van der Waals surface area contributed by atoms with Crippen molar-refractivity contribution < 1.29 is 24.2 Å². The molecule has 0 radical (unpaired) electrons. The van der Waals surface area contributed by atoms with Gasteiger partial charge in [0.1, 0.15) is 0 Å². The van der Waals surface area contributed by atoms with E-state index in [1.54, 1.807) is 24.3 Å². The molecule has 0 aromatic heterocycles. The molecule has 0 heterocycles. The Balaban J connectivity index is 0.00000185. The van der Waals surface area contributed by atoms with Gasteiger partial charge in [-0.15, -0.1) is 24.8 Å². The van der Waals surface area contributed by atoms with Gasteiger partial charge in [-0.2, -0.15) is 0 Å². The summed E-state index contributed by atoms with van der Waals surface area (Å²) < 4.78 is 34.8. The van der Waals surface area contributed by atoms with E-state index in [-0.39, 0.29) is 36.4 Å². The molecule has 0 amide bonds. The molecule has 4 aromatic carbocycles. The maximum atomic E-state index is 14.5. The second-order valence-electron chi connectivity index (χ2n) is 10.2. The molecular formula is C34H30Cl2F2GeHf. The zero-order valence-corrected chi connectivity index (χ0v) is 30.1. The molecule has 6 rings (SSSR count). The summed E-state index contributed by atoms with van der Waals surface area (Å²) in [5, 5.41) is 0. The van der Waals surface area contributed by atoms with Gasteiger partial charge >= 0.3 is 230 Å². The normalized spacial score (nSPS) is 14.8.